The summed E-state index contributed by atoms with van der Waals surface area (Å²) < 4.78 is 22.7. The smallest absolute Gasteiger partial charge is 0.220 e. The second-order valence-corrected chi connectivity index (χ2v) is 19.3. The molecule has 12 unspecified atom stereocenters. The third-order valence-corrected chi connectivity index (χ3v) is 13.2. The first kappa shape index (κ1) is 63.8. The van der Waals surface area contributed by atoms with E-state index < -0.39 is 86.8 Å². The lowest BCUT2D eigenvalue weighted by atomic mass is 9.97. The van der Waals surface area contributed by atoms with E-state index in [0.717, 1.165) is 70.6 Å². The van der Waals surface area contributed by atoms with Crippen molar-refractivity contribution in [2.75, 3.05) is 19.8 Å². The van der Waals surface area contributed by atoms with Crippen LogP contribution in [0.3, 0.4) is 0 Å². The van der Waals surface area contributed by atoms with E-state index in [1.54, 1.807) is 6.08 Å². The molecule has 2 rings (SSSR count). The summed E-state index contributed by atoms with van der Waals surface area (Å²) in [7, 11) is 0. The molecule has 2 aliphatic heterocycles. The summed E-state index contributed by atoms with van der Waals surface area (Å²) in [6.07, 6.45) is 35.4. The van der Waals surface area contributed by atoms with Crippen LogP contribution in [0.4, 0.5) is 0 Å². The summed E-state index contributed by atoms with van der Waals surface area (Å²) >= 11 is 0. The molecule has 2 heterocycles. The van der Waals surface area contributed by atoms with E-state index >= 15 is 0 Å². The normalized spacial score (nSPS) is 26.4. The Hall–Kier alpha value is -2.31. The van der Waals surface area contributed by atoms with Crippen molar-refractivity contribution in [2.45, 2.75) is 267 Å². The highest BCUT2D eigenvalue weighted by molar-refractivity contribution is 5.76. The molecule has 1 amide bonds. The number of amides is 1. The number of allylic oxidation sites excluding steroid dienone is 9. The Balaban J connectivity index is 1.78. The molecule has 2 saturated heterocycles. The van der Waals surface area contributed by atoms with Crippen molar-refractivity contribution < 1.29 is 64.6 Å². The minimum absolute atomic E-state index is 0.247. The van der Waals surface area contributed by atoms with E-state index in [2.05, 4.69) is 67.8 Å². The molecule has 14 nitrogen and oxygen atoms in total. The molecule has 0 spiro atoms. The van der Waals surface area contributed by atoms with Crippen LogP contribution in [0.5, 0.6) is 0 Å². The van der Waals surface area contributed by atoms with Crippen molar-refractivity contribution in [3.05, 3.63) is 60.8 Å². The first-order valence-electron chi connectivity index (χ1n) is 27.5. The summed E-state index contributed by atoms with van der Waals surface area (Å²) in [5, 5.41) is 86.9. The summed E-state index contributed by atoms with van der Waals surface area (Å²) in [6.45, 7) is 2.66. The minimum Gasteiger partial charge on any atom is -0.394 e. The van der Waals surface area contributed by atoms with Crippen LogP contribution in [0, 0.1) is 0 Å². The summed E-state index contributed by atoms with van der Waals surface area (Å²) in [6, 6.07) is -0.918. The number of carbonyl (C=O) groups excluding carboxylic acids is 1. The summed E-state index contributed by atoms with van der Waals surface area (Å²) in [4.78, 5) is 13.2. The van der Waals surface area contributed by atoms with E-state index in [9.17, 15) is 45.6 Å². The molecule has 0 aromatic carbocycles. The number of aliphatic hydroxyl groups excluding tert-OH is 8. The van der Waals surface area contributed by atoms with Crippen molar-refractivity contribution in [1.29, 1.82) is 0 Å². The molecule has 12 atom stereocenters. The van der Waals surface area contributed by atoms with Crippen LogP contribution in [-0.2, 0) is 23.7 Å². The fraction of sp³-hybridized carbons (Fsp3) is 0.804. The highest BCUT2D eigenvalue weighted by Gasteiger charge is 2.51. The largest absolute Gasteiger partial charge is 0.394 e. The van der Waals surface area contributed by atoms with Crippen molar-refractivity contribution in [3.63, 3.8) is 0 Å². The van der Waals surface area contributed by atoms with Gasteiger partial charge >= 0.3 is 0 Å². The average molecular weight is 994 g/mol. The Bertz CT molecular complexity index is 1410. The second-order valence-electron chi connectivity index (χ2n) is 19.3. The van der Waals surface area contributed by atoms with Gasteiger partial charge in [-0.05, 0) is 57.8 Å². The van der Waals surface area contributed by atoms with Crippen molar-refractivity contribution in [2.24, 2.45) is 0 Å². The van der Waals surface area contributed by atoms with Crippen LogP contribution < -0.4 is 5.32 Å². The van der Waals surface area contributed by atoms with Gasteiger partial charge in [0.25, 0.3) is 0 Å². The number of aliphatic hydroxyl groups is 8. The Morgan fingerprint density at radius 3 is 1.51 bits per heavy atom. The molecule has 0 bridgehead atoms. The van der Waals surface area contributed by atoms with E-state index in [-0.39, 0.29) is 18.9 Å². The molecule has 9 N–H and O–H groups in total. The second kappa shape index (κ2) is 42.1. The number of ether oxygens (including phenoxy) is 4. The molecule has 0 saturated carbocycles. The quantitative estimate of drug-likeness (QED) is 0.0208. The fourth-order valence-corrected chi connectivity index (χ4v) is 8.75. The molecule has 2 aliphatic rings. The zero-order valence-electron chi connectivity index (χ0n) is 43.2. The van der Waals surface area contributed by atoms with Gasteiger partial charge in [-0.2, -0.15) is 0 Å². The predicted molar refractivity (Wildman–Crippen MR) is 277 cm³/mol. The Labute approximate surface area is 422 Å². The zero-order valence-corrected chi connectivity index (χ0v) is 43.2. The fourth-order valence-electron chi connectivity index (χ4n) is 8.75. The summed E-state index contributed by atoms with van der Waals surface area (Å²) in [5.74, 6) is -0.247. The number of hydrogen-bond donors (Lipinski definition) is 9. The van der Waals surface area contributed by atoms with E-state index in [1.807, 2.05) is 6.08 Å². The third kappa shape index (κ3) is 28.2. The lowest BCUT2D eigenvalue weighted by molar-refractivity contribution is -0.359. The third-order valence-electron chi connectivity index (χ3n) is 13.2. The molecule has 14 heteroatoms. The molecule has 70 heavy (non-hydrogen) atoms. The molecule has 0 aliphatic carbocycles. The van der Waals surface area contributed by atoms with Gasteiger partial charge in [0, 0.05) is 6.42 Å². The number of carbonyl (C=O) groups is 1. The van der Waals surface area contributed by atoms with E-state index in [1.165, 1.54) is 96.3 Å². The van der Waals surface area contributed by atoms with Crippen molar-refractivity contribution in [3.8, 4) is 0 Å². The highest BCUT2D eigenvalue weighted by atomic mass is 16.7. The van der Waals surface area contributed by atoms with Gasteiger partial charge in [-0.25, -0.2) is 0 Å². The predicted octanol–water partition coefficient (Wildman–Crippen LogP) is 8.22. The standard InChI is InChI=1S/C56H99NO13/c1-3-5-7-9-11-13-15-17-18-19-20-21-22-23-24-25-26-28-30-32-34-36-38-40-48(61)57-44(45(60)39-37-35-33-31-29-27-16-14-12-10-8-6-4-2)43-67-55-53(66)51(64)54(47(42-59)69-55)70-56-52(65)50(63)49(62)46(41-58)68-56/h5,7,11,13,17-18,20-21,37,39,44-47,49-56,58-60,62-66H,3-4,6,8-10,12,14-16,19,22-36,38,40-43H2,1-2H3,(H,57,61)/b7-5-,13-11-,18-17-,21-20-,39-37+. The maximum atomic E-state index is 13.2. The summed E-state index contributed by atoms with van der Waals surface area (Å²) in [5.41, 5.74) is 0. The van der Waals surface area contributed by atoms with Gasteiger partial charge in [-0.15, -0.1) is 0 Å². The van der Waals surface area contributed by atoms with Gasteiger partial charge in [-0.1, -0.05) is 190 Å². The van der Waals surface area contributed by atoms with E-state index in [4.69, 9.17) is 18.9 Å². The zero-order chi connectivity index (χ0) is 51.0. The van der Waals surface area contributed by atoms with Gasteiger partial charge in [0.15, 0.2) is 12.6 Å². The maximum absolute atomic E-state index is 13.2. The molecule has 0 aromatic rings. The number of nitrogens with one attached hydrogen (secondary N) is 1. The van der Waals surface area contributed by atoms with Gasteiger partial charge in [0.2, 0.25) is 5.91 Å². The first-order chi connectivity index (χ1) is 34.1. The number of rotatable bonds is 42. The average Bonchev–Trinajstić information content (AvgIpc) is 3.36. The van der Waals surface area contributed by atoms with Gasteiger partial charge < -0.3 is 65.1 Å². The molecule has 0 aromatic heterocycles. The van der Waals surface area contributed by atoms with Crippen LogP contribution >= 0.6 is 0 Å². The van der Waals surface area contributed by atoms with Crippen molar-refractivity contribution in [1.82, 2.24) is 5.32 Å². The monoisotopic (exact) mass is 994 g/mol. The lowest BCUT2D eigenvalue weighted by Crippen LogP contribution is -2.65. The van der Waals surface area contributed by atoms with Crippen LogP contribution in [-0.4, -0.2) is 140 Å². The van der Waals surface area contributed by atoms with Gasteiger partial charge in [-0.3, -0.25) is 4.79 Å². The van der Waals surface area contributed by atoms with Crippen LogP contribution in [0.2, 0.25) is 0 Å². The first-order valence-corrected chi connectivity index (χ1v) is 27.5. The molecular weight excluding hydrogens is 895 g/mol. The van der Waals surface area contributed by atoms with E-state index in [0.29, 0.717) is 6.42 Å². The lowest BCUT2D eigenvalue weighted by Gasteiger charge is -2.46. The van der Waals surface area contributed by atoms with Crippen LogP contribution in [0.15, 0.2) is 60.8 Å². The Morgan fingerprint density at radius 2 is 0.986 bits per heavy atom. The van der Waals surface area contributed by atoms with Crippen LogP contribution in [0.1, 0.15) is 194 Å². The van der Waals surface area contributed by atoms with Crippen molar-refractivity contribution >= 4 is 5.91 Å². The Morgan fingerprint density at radius 1 is 0.529 bits per heavy atom. The molecular formula is C56H99NO13. The Kier molecular flexibility index (Phi) is 38.4. The molecule has 406 valence electrons. The molecule has 0 radical (unpaired) electrons. The van der Waals surface area contributed by atoms with Crippen LogP contribution in [0.25, 0.3) is 0 Å². The molecule has 2 fully saturated rings. The highest BCUT2D eigenvalue weighted by Crippen LogP contribution is 2.30. The topological polar surface area (TPSA) is 228 Å². The number of unbranched alkanes of at least 4 members (excludes halogenated alkanes) is 21. The SMILES string of the molecule is CC/C=C\C/C=C\C/C=C\C/C=C\CCCCCCCCCCCCC(=O)NC(COC1OC(CO)C(OC2OC(CO)C(O)C(O)C2O)C(O)C1O)C(O)/C=C/CCCCCCCCCCCCC. The minimum atomic E-state index is -1.79. The number of hydrogen-bond acceptors (Lipinski definition) is 13. The van der Waals surface area contributed by atoms with Gasteiger partial charge in [0.1, 0.15) is 48.8 Å². The van der Waals surface area contributed by atoms with Gasteiger partial charge in [0.05, 0.1) is 32.0 Å². The maximum Gasteiger partial charge on any atom is 0.220 e.